The lowest BCUT2D eigenvalue weighted by atomic mass is 10.2. The first-order valence-electron chi connectivity index (χ1n) is 9.12. The number of ether oxygens (including phenoxy) is 1. The lowest BCUT2D eigenvalue weighted by molar-refractivity contribution is -0.153. The van der Waals surface area contributed by atoms with Gasteiger partial charge in [0.25, 0.3) is 5.91 Å². The number of nitrogens with one attached hydrogen (secondary N) is 3. The van der Waals surface area contributed by atoms with Crippen molar-refractivity contribution in [3.8, 4) is 0 Å². The van der Waals surface area contributed by atoms with Crippen LogP contribution in [0.1, 0.15) is 38.1 Å². The van der Waals surface area contributed by atoms with Gasteiger partial charge in [0.2, 0.25) is 0 Å². The molecule has 30 heavy (non-hydrogen) atoms. The highest BCUT2D eigenvalue weighted by Crippen LogP contribution is 2.19. The molecule has 0 heterocycles. The Bertz CT molecular complexity index is 928. The maximum absolute atomic E-state index is 12.3. The first-order chi connectivity index (χ1) is 14.0. The SMILES string of the molecule is CC(C)(C)OC(=O)CNC(=O)c1cccc(NC(=O)NCc2cc(Cl)cc(Cl)c2)c1.[HH]. The van der Waals surface area contributed by atoms with Crippen LogP contribution >= 0.6 is 23.2 Å². The van der Waals surface area contributed by atoms with Gasteiger partial charge in [-0.25, -0.2) is 4.79 Å². The molecule has 2 aromatic rings. The van der Waals surface area contributed by atoms with Gasteiger partial charge < -0.3 is 20.7 Å². The summed E-state index contributed by atoms with van der Waals surface area (Å²) in [7, 11) is 0. The maximum Gasteiger partial charge on any atom is 0.325 e. The molecule has 0 aliphatic rings. The molecule has 3 N–H and O–H groups in total. The lowest BCUT2D eigenvalue weighted by Gasteiger charge is -2.19. The van der Waals surface area contributed by atoms with Crippen LogP contribution in [0.5, 0.6) is 0 Å². The fourth-order valence-corrected chi connectivity index (χ4v) is 3.01. The third-order valence-electron chi connectivity index (χ3n) is 3.57. The van der Waals surface area contributed by atoms with Crippen molar-refractivity contribution in [1.29, 1.82) is 0 Å². The van der Waals surface area contributed by atoms with Crippen LogP contribution in [-0.2, 0) is 16.1 Å². The average molecular weight is 454 g/mol. The lowest BCUT2D eigenvalue weighted by Crippen LogP contribution is -2.34. The van der Waals surface area contributed by atoms with Gasteiger partial charge in [-0.3, -0.25) is 9.59 Å². The Morgan fingerprint density at radius 1 is 1.00 bits per heavy atom. The Morgan fingerprint density at radius 2 is 1.67 bits per heavy atom. The Kier molecular flexibility index (Phi) is 8.08. The summed E-state index contributed by atoms with van der Waals surface area (Å²) in [6.07, 6.45) is 0. The van der Waals surface area contributed by atoms with Crippen LogP contribution in [0.3, 0.4) is 0 Å². The van der Waals surface area contributed by atoms with Crippen molar-refractivity contribution in [3.05, 3.63) is 63.6 Å². The molecule has 0 spiro atoms. The monoisotopic (exact) mass is 453 g/mol. The second-order valence-corrected chi connectivity index (χ2v) is 8.31. The summed E-state index contributed by atoms with van der Waals surface area (Å²) in [5.74, 6) is -0.996. The van der Waals surface area contributed by atoms with E-state index in [1.807, 2.05) is 0 Å². The Labute approximate surface area is 186 Å². The van der Waals surface area contributed by atoms with Gasteiger partial charge in [0.15, 0.2) is 0 Å². The minimum absolute atomic E-state index is 0. The molecule has 9 heteroatoms. The van der Waals surface area contributed by atoms with E-state index in [9.17, 15) is 14.4 Å². The van der Waals surface area contributed by atoms with Crippen molar-refractivity contribution in [2.45, 2.75) is 32.9 Å². The van der Waals surface area contributed by atoms with Crippen molar-refractivity contribution >= 4 is 46.8 Å². The van der Waals surface area contributed by atoms with Crippen LogP contribution < -0.4 is 16.0 Å². The highest BCUT2D eigenvalue weighted by atomic mass is 35.5. The molecule has 0 unspecified atom stereocenters. The molecule has 3 amide bonds. The van der Waals surface area contributed by atoms with Crippen molar-refractivity contribution in [3.63, 3.8) is 0 Å². The van der Waals surface area contributed by atoms with E-state index in [4.69, 9.17) is 27.9 Å². The molecular formula is C21H25Cl2N3O4. The summed E-state index contributed by atoms with van der Waals surface area (Å²) >= 11 is 11.9. The van der Waals surface area contributed by atoms with Crippen molar-refractivity contribution in [1.82, 2.24) is 10.6 Å². The molecule has 2 rings (SSSR count). The first kappa shape index (κ1) is 23.5. The third-order valence-corrected chi connectivity index (χ3v) is 4.01. The van der Waals surface area contributed by atoms with Crippen LogP contribution in [-0.4, -0.2) is 30.1 Å². The Hall–Kier alpha value is -2.77. The number of carbonyl (C=O) groups is 3. The van der Waals surface area contributed by atoms with Crippen molar-refractivity contribution in [2.24, 2.45) is 0 Å². The van der Waals surface area contributed by atoms with E-state index in [2.05, 4.69) is 16.0 Å². The number of carbonyl (C=O) groups excluding carboxylic acids is 3. The number of amides is 3. The van der Waals surface area contributed by atoms with E-state index in [1.165, 1.54) is 6.07 Å². The minimum atomic E-state index is -0.630. The van der Waals surface area contributed by atoms with Crippen molar-refractivity contribution in [2.75, 3.05) is 11.9 Å². The topological polar surface area (TPSA) is 96.5 Å². The highest BCUT2D eigenvalue weighted by molar-refractivity contribution is 6.34. The van der Waals surface area contributed by atoms with Gasteiger partial charge in [-0.2, -0.15) is 0 Å². The summed E-state index contributed by atoms with van der Waals surface area (Å²) in [5, 5.41) is 8.77. The van der Waals surface area contributed by atoms with Crippen LogP contribution in [0.15, 0.2) is 42.5 Å². The largest absolute Gasteiger partial charge is 0.459 e. The molecule has 0 saturated carbocycles. The van der Waals surface area contributed by atoms with E-state index in [-0.39, 0.29) is 20.1 Å². The molecule has 162 valence electrons. The van der Waals surface area contributed by atoms with Crippen LogP contribution in [0, 0.1) is 0 Å². The number of anilines is 1. The van der Waals surface area contributed by atoms with Gasteiger partial charge in [0.05, 0.1) is 0 Å². The predicted octanol–water partition coefficient (Wildman–Crippen LogP) is 4.63. The van der Waals surface area contributed by atoms with E-state index in [1.54, 1.807) is 57.2 Å². The van der Waals surface area contributed by atoms with E-state index < -0.39 is 23.5 Å². The molecule has 2 aromatic carbocycles. The summed E-state index contributed by atoms with van der Waals surface area (Å²) in [4.78, 5) is 36.1. The normalized spacial score (nSPS) is 10.8. The van der Waals surface area contributed by atoms with Gasteiger partial charge in [0, 0.05) is 29.3 Å². The summed E-state index contributed by atoms with van der Waals surface area (Å²) in [6, 6.07) is 10.9. The quantitative estimate of drug-likeness (QED) is 0.555. The molecule has 0 aromatic heterocycles. The second kappa shape index (κ2) is 10.3. The standard InChI is InChI=1S/C21H23Cl2N3O4.H2/c1-21(2,3)30-18(27)12-24-19(28)14-5-4-6-17(9-14)26-20(29)25-11-13-7-15(22)10-16(23)8-13;/h4-10H,11-12H2,1-3H3,(H,24,28)(H2,25,26,29);1H. The zero-order valence-corrected chi connectivity index (χ0v) is 18.4. The molecule has 7 nitrogen and oxygen atoms in total. The van der Waals surface area contributed by atoms with Gasteiger partial charge >= 0.3 is 12.0 Å². The molecule has 0 fully saturated rings. The molecule has 0 radical (unpaired) electrons. The van der Waals surface area contributed by atoms with Crippen LogP contribution in [0.25, 0.3) is 0 Å². The van der Waals surface area contributed by atoms with Crippen LogP contribution in [0.2, 0.25) is 10.0 Å². The molecule has 0 saturated heterocycles. The van der Waals surface area contributed by atoms with Crippen LogP contribution in [0.4, 0.5) is 10.5 Å². The molecule has 0 atom stereocenters. The molecule has 0 bridgehead atoms. The van der Waals surface area contributed by atoms with E-state index in [0.717, 1.165) is 5.56 Å². The number of esters is 1. The van der Waals surface area contributed by atoms with E-state index in [0.29, 0.717) is 15.7 Å². The third kappa shape index (κ3) is 8.31. The maximum atomic E-state index is 12.3. The smallest absolute Gasteiger partial charge is 0.325 e. The van der Waals surface area contributed by atoms with E-state index >= 15 is 0 Å². The fourth-order valence-electron chi connectivity index (χ4n) is 2.44. The highest BCUT2D eigenvalue weighted by Gasteiger charge is 2.17. The second-order valence-electron chi connectivity index (χ2n) is 7.44. The summed E-state index contributed by atoms with van der Waals surface area (Å²) in [6.45, 7) is 5.20. The number of urea groups is 1. The zero-order valence-electron chi connectivity index (χ0n) is 16.8. The molecule has 0 aliphatic heterocycles. The summed E-state index contributed by atoms with van der Waals surface area (Å²) < 4.78 is 5.14. The van der Waals surface area contributed by atoms with Gasteiger partial charge in [-0.15, -0.1) is 0 Å². The first-order valence-corrected chi connectivity index (χ1v) is 9.87. The number of rotatable bonds is 6. The van der Waals surface area contributed by atoms with Gasteiger partial charge in [0.1, 0.15) is 12.1 Å². The summed E-state index contributed by atoms with van der Waals surface area (Å²) in [5.41, 5.74) is 0.826. The molecular weight excluding hydrogens is 429 g/mol. The molecule has 0 aliphatic carbocycles. The minimum Gasteiger partial charge on any atom is -0.459 e. The number of benzene rings is 2. The zero-order chi connectivity index (χ0) is 22.3. The number of halogens is 2. The van der Waals surface area contributed by atoms with Crippen molar-refractivity contribution < 1.29 is 20.5 Å². The Balaban J connectivity index is 0.00000480. The Morgan fingerprint density at radius 3 is 2.30 bits per heavy atom. The number of hydrogen-bond acceptors (Lipinski definition) is 4. The predicted molar refractivity (Wildman–Crippen MR) is 119 cm³/mol. The van der Waals surface area contributed by atoms with Gasteiger partial charge in [-0.1, -0.05) is 29.3 Å². The van der Waals surface area contributed by atoms with Gasteiger partial charge in [-0.05, 0) is 62.7 Å². The number of hydrogen-bond donors (Lipinski definition) is 3. The average Bonchev–Trinajstić information content (AvgIpc) is 2.62. The fraction of sp³-hybridized carbons (Fsp3) is 0.286.